The van der Waals surface area contributed by atoms with Gasteiger partial charge in [0.05, 0.1) is 18.6 Å². The molecule has 1 aromatic rings. The molecule has 0 bridgehead atoms. The van der Waals surface area contributed by atoms with Crippen LogP contribution in [0.4, 0.5) is 11.4 Å². The van der Waals surface area contributed by atoms with Crippen LogP contribution in [0.2, 0.25) is 0 Å². The van der Waals surface area contributed by atoms with Crippen LogP contribution < -0.4 is 15.8 Å². The Morgan fingerprint density at radius 1 is 1.40 bits per heavy atom. The number of rotatable bonds is 7. The lowest BCUT2D eigenvalue weighted by Gasteiger charge is -2.10. The Hall–Kier alpha value is -1.76. The number of sulfone groups is 1. The van der Waals surface area contributed by atoms with Gasteiger partial charge in [-0.2, -0.15) is 0 Å². The van der Waals surface area contributed by atoms with Crippen molar-refractivity contribution in [3.8, 4) is 5.75 Å². The third-order valence-corrected chi connectivity index (χ3v) is 4.59. The molecule has 0 aromatic heterocycles. The molecule has 0 aliphatic carbocycles. The van der Waals surface area contributed by atoms with Crippen LogP contribution in [-0.2, 0) is 14.6 Å². The quantitative estimate of drug-likeness (QED) is 0.742. The Morgan fingerprint density at radius 3 is 2.70 bits per heavy atom. The van der Waals surface area contributed by atoms with Gasteiger partial charge in [0.1, 0.15) is 15.6 Å². The molecule has 3 N–H and O–H groups in total. The molecule has 0 aliphatic rings. The van der Waals surface area contributed by atoms with Gasteiger partial charge in [-0.1, -0.05) is 6.92 Å². The van der Waals surface area contributed by atoms with Crippen LogP contribution >= 0.6 is 0 Å². The van der Waals surface area contributed by atoms with Crippen LogP contribution in [-0.4, -0.2) is 32.9 Å². The van der Waals surface area contributed by atoms with Crippen molar-refractivity contribution in [2.45, 2.75) is 19.8 Å². The fourth-order valence-electron chi connectivity index (χ4n) is 1.63. The summed E-state index contributed by atoms with van der Waals surface area (Å²) in [6.07, 6.45) is 0.434. The fraction of sp³-hybridized carbons (Fsp3) is 0.462. The van der Waals surface area contributed by atoms with Crippen LogP contribution in [0.3, 0.4) is 0 Å². The standard InChI is InChI=1S/C13H20N2O4S/c1-3-20(17,18)8-4-5-13(16)15-11-9-10(14)6-7-12(11)19-2/h6-7,9H,3-5,8,14H2,1-2H3,(H,15,16). The van der Waals surface area contributed by atoms with Crippen molar-refractivity contribution in [3.05, 3.63) is 18.2 Å². The number of benzene rings is 1. The molecular weight excluding hydrogens is 280 g/mol. The van der Waals surface area contributed by atoms with E-state index in [2.05, 4.69) is 5.32 Å². The van der Waals surface area contributed by atoms with Crippen molar-refractivity contribution in [3.63, 3.8) is 0 Å². The van der Waals surface area contributed by atoms with E-state index in [9.17, 15) is 13.2 Å². The van der Waals surface area contributed by atoms with E-state index in [1.54, 1.807) is 25.1 Å². The highest BCUT2D eigenvalue weighted by molar-refractivity contribution is 7.91. The zero-order chi connectivity index (χ0) is 15.2. The maximum Gasteiger partial charge on any atom is 0.224 e. The highest BCUT2D eigenvalue weighted by Gasteiger charge is 2.11. The van der Waals surface area contributed by atoms with Crippen molar-refractivity contribution < 1.29 is 17.9 Å². The first-order valence-corrected chi connectivity index (χ1v) is 8.14. The lowest BCUT2D eigenvalue weighted by Crippen LogP contribution is -2.15. The smallest absolute Gasteiger partial charge is 0.224 e. The van der Waals surface area contributed by atoms with Gasteiger partial charge >= 0.3 is 0 Å². The van der Waals surface area contributed by atoms with Gasteiger partial charge in [-0.3, -0.25) is 4.79 Å². The number of nitrogen functional groups attached to an aromatic ring is 1. The van der Waals surface area contributed by atoms with Crippen molar-refractivity contribution >= 4 is 27.1 Å². The van der Waals surface area contributed by atoms with Crippen molar-refractivity contribution in [1.29, 1.82) is 0 Å². The van der Waals surface area contributed by atoms with Crippen LogP contribution in [0.15, 0.2) is 18.2 Å². The number of anilines is 2. The summed E-state index contributed by atoms with van der Waals surface area (Å²) in [4.78, 5) is 11.8. The van der Waals surface area contributed by atoms with Gasteiger partial charge in [-0.25, -0.2) is 8.42 Å². The molecule has 0 atom stereocenters. The normalized spacial score (nSPS) is 11.1. The van der Waals surface area contributed by atoms with E-state index in [1.807, 2.05) is 0 Å². The van der Waals surface area contributed by atoms with E-state index < -0.39 is 9.84 Å². The molecule has 7 heteroatoms. The summed E-state index contributed by atoms with van der Waals surface area (Å²) in [6, 6.07) is 4.92. The molecule has 112 valence electrons. The average Bonchev–Trinajstić information content (AvgIpc) is 2.39. The molecule has 1 amide bonds. The summed E-state index contributed by atoms with van der Waals surface area (Å²) in [7, 11) is -1.54. The Bertz CT molecular complexity index is 570. The van der Waals surface area contributed by atoms with E-state index in [4.69, 9.17) is 10.5 Å². The number of carbonyl (C=O) groups excluding carboxylic acids is 1. The third-order valence-electron chi connectivity index (χ3n) is 2.80. The molecule has 20 heavy (non-hydrogen) atoms. The molecule has 0 saturated carbocycles. The van der Waals surface area contributed by atoms with E-state index >= 15 is 0 Å². The Kier molecular flexibility index (Phi) is 5.82. The molecular formula is C13H20N2O4S. The second-order valence-corrected chi connectivity index (χ2v) is 6.82. The van der Waals surface area contributed by atoms with Gasteiger partial charge in [-0.05, 0) is 24.6 Å². The highest BCUT2D eigenvalue weighted by atomic mass is 32.2. The first kappa shape index (κ1) is 16.3. The van der Waals surface area contributed by atoms with Gasteiger partial charge in [-0.15, -0.1) is 0 Å². The molecule has 0 saturated heterocycles. The summed E-state index contributed by atoms with van der Waals surface area (Å²) in [5.41, 5.74) is 6.64. The zero-order valence-corrected chi connectivity index (χ0v) is 12.5. The lowest BCUT2D eigenvalue weighted by atomic mass is 10.2. The second-order valence-electron chi connectivity index (χ2n) is 4.35. The van der Waals surface area contributed by atoms with E-state index in [0.29, 0.717) is 23.5 Å². The maximum atomic E-state index is 11.8. The van der Waals surface area contributed by atoms with Crippen LogP contribution in [0.25, 0.3) is 0 Å². The molecule has 0 fully saturated rings. The van der Waals surface area contributed by atoms with Crippen LogP contribution in [0.1, 0.15) is 19.8 Å². The molecule has 1 aromatic carbocycles. The summed E-state index contributed by atoms with van der Waals surface area (Å²) >= 11 is 0. The zero-order valence-electron chi connectivity index (χ0n) is 11.7. The monoisotopic (exact) mass is 300 g/mol. The average molecular weight is 300 g/mol. The Labute approximate surface area is 119 Å². The largest absolute Gasteiger partial charge is 0.495 e. The summed E-state index contributed by atoms with van der Waals surface area (Å²) < 4.78 is 27.7. The van der Waals surface area contributed by atoms with Gasteiger partial charge in [0, 0.05) is 17.9 Å². The fourth-order valence-corrected chi connectivity index (χ4v) is 2.51. The predicted octanol–water partition coefficient (Wildman–Crippen LogP) is 1.43. The molecule has 0 heterocycles. The van der Waals surface area contributed by atoms with Crippen molar-refractivity contribution in [2.24, 2.45) is 0 Å². The molecule has 0 radical (unpaired) electrons. The van der Waals surface area contributed by atoms with Crippen LogP contribution in [0.5, 0.6) is 5.75 Å². The van der Waals surface area contributed by atoms with Gasteiger partial charge in [0.25, 0.3) is 0 Å². The van der Waals surface area contributed by atoms with Gasteiger partial charge in [0.2, 0.25) is 5.91 Å². The minimum Gasteiger partial charge on any atom is -0.495 e. The second kappa shape index (κ2) is 7.14. The van der Waals surface area contributed by atoms with E-state index in [0.717, 1.165) is 0 Å². The highest BCUT2D eigenvalue weighted by Crippen LogP contribution is 2.26. The Balaban J connectivity index is 2.57. The van der Waals surface area contributed by atoms with E-state index in [-0.39, 0.29) is 23.8 Å². The number of nitrogens with one attached hydrogen (secondary N) is 1. The van der Waals surface area contributed by atoms with Crippen LogP contribution in [0, 0.1) is 0 Å². The third kappa shape index (κ3) is 5.08. The molecule has 0 aliphatic heterocycles. The van der Waals surface area contributed by atoms with Gasteiger partial charge < -0.3 is 15.8 Å². The first-order chi connectivity index (χ1) is 9.38. The summed E-state index contributed by atoms with van der Waals surface area (Å²) in [5.74, 6) is 0.358. The topological polar surface area (TPSA) is 98.5 Å². The number of nitrogens with two attached hydrogens (primary N) is 1. The summed E-state index contributed by atoms with van der Waals surface area (Å²) in [6.45, 7) is 1.59. The molecule has 0 spiro atoms. The maximum absolute atomic E-state index is 11.8. The lowest BCUT2D eigenvalue weighted by molar-refractivity contribution is -0.116. The SMILES string of the molecule is CCS(=O)(=O)CCCC(=O)Nc1cc(N)ccc1OC. The number of carbonyl (C=O) groups is 1. The number of hydrogen-bond donors (Lipinski definition) is 2. The number of amides is 1. The van der Waals surface area contributed by atoms with Crippen molar-refractivity contribution in [1.82, 2.24) is 0 Å². The number of methoxy groups -OCH3 is 1. The number of ether oxygens (including phenoxy) is 1. The molecule has 0 unspecified atom stereocenters. The number of hydrogen-bond acceptors (Lipinski definition) is 5. The van der Waals surface area contributed by atoms with E-state index in [1.165, 1.54) is 7.11 Å². The van der Waals surface area contributed by atoms with Crippen molar-refractivity contribution in [2.75, 3.05) is 29.7 Å². The molecule has 1 rings (SSSR count). The predicted molar refractivity (Wildman–Crippen MR) is 79.6 cm³/mol. The minimum absolute atomic E-state index is 0.0188. The first-order valence-electron chi connectivity index (χ1n) is 6.31. The molecule has 6 nitrogen and oxygen atoms in total. The minimum atomic E-state index is -3.03. The van der Waals surface area contributed by atoms with Gasteiger partial charge in [0.15, 0.2) is 0 Å². The summed E-state index contributed by atoms with van der Waals surface area (Å²) in [5, 5.41) is 2.67. The Morgan fingerprint density at radius 2 is 2.10 bits per heavy atom.